The summed E-state index contributed by atoms with van der Waals surface area (Å²) < 4.78 is 10.3. The minimum atomic E-state index is -0.581. The van der Waals surface area contributed by atoms with Gasteiger partial charge in [0.25, 0.3) is 0 Å². The summed E-state index contributed by atoms with van der Waals surface area (Å²) in [5.41, 5.74) is 1.23. The molecule has 24 heavy (non-hydrogen) atoms. The molecule has 0 N–H and O–H groups in total. The van der Waals surface area contributed by atoms with Crippen molar-refractivity contribution >= 4 is 52.7 Å². The van der Waals surface area contributed by atoms with E-state index in [0.29, 0.717) is 31.9 Å². The number of esters is 1. The first kappa shape index (κ1) is 16.8. The lowest BCUT2D eigenvalue weighted by atomic mass is 10.2. The van der Waals surface area contributed by atoms with E-state index in [4.69, 9.17) is 44.3 Å². The van der Waals surface area contributed by atoms with Gasteiger partial charge in [0.15, 0.2) is 5.70 Å². The molecular weight excluding hydrogens is 373 g/mol. The van der Waals surface area contributed by atoms with Crippen molar-refractivity contribution in [3.63, 3.8) is 0 Å². The van der Waals surface area contributed by atoms with Gasteiger partial charge in [-0.1, -0.05) is 40.9 Å². The van der Waals surface area contributed by atoms with Crippen LogP contribution in [0.15, 0.2) is 47.1 Å². The molecule has 0 unspecified atom stereocenters. The Morgan fingerprint density at radius 3 is 2.54 bits per heavy atom. The molecule has 0 aromatic heterocycles. The van der Waals surface area contributed by atoms with Crippen molar-refractivity contribution in [1.29, 1.82) is 0 Å². The van der Waals surface area contributed by atoms with Gasteiger partial charge in [-0.2, -0.15) is 0 Å². The first-order chi connectivity index (χ1) is 11.5. The Morgan fingerprint density at radius 1 is 1.08 bits per heavy atom. The molecule has 3 rings (SSSR count). The predicted molar refractivity (Wildman–Crippen MR) is 95.1 cm³/mol. The number of carbonyl (C=O) groups is 1. The van der Waals surface area contributed by atoms with Gasteiger partial charge < -0.3 is 9.47 Å². The Morgan fingerprint density at radius 2 is 1.88 bits per heavy atom. The molecule has 0 bridgehead atoms. The van der Waals surface area contributed by atoms with Gasteiger partial charge in [0.05, 0.1) is 17.7 Å². The molecule has 122 valence electrons. The molecule has 1 heterocycles. The van der Waals surface area contributed by atoms with Gasteiger partial charge in [-0.3, -0.25) is 0 Å². The first-order valence-electron chi connectivity index (χ1n) is 6.79. The van der Waals surface area contributed by atoms with Crippen LogP contribution in [0.3, 0.4) is 0 Å². The molecular formula is C17H10Cl3NO3. The number of hydrogen-bond acceptors (Lipinski definition) is 4. The molecule has 0 aliphatic carbocycles. The van der Waals surface area contributed by atoms with Crippen LogP contribution in [0.4, 0.5) is 0 Å². The number of methoxy groups -OCH3 is 1. The summed E-state index contributed by atoms with van der Waals surface area (Å²) in [6.45, 7) is 0. The van der Waals surface area contributed by atoms with E-state index in [-0.39, 0.29) is 11.6 Å². The molecule has 0 atom stereocenters. The molecule has 2 aromatic carbocycles. The second-order valence-electron chi connectivity index (χ2n) is 4.85. The minimum Gasteiger partial charge on any atom is -0.497 e. The second-order valence-corrected chi connectivity index (χ2v) is 6.10. The van der Waals surface area contributed by atoms with Crippen molar-refractivity contribution in [3.8, 4) is 5.75 Å². The van der Waals surface area contributed by atoms with Crippen LogP contribution < -0.4 is 4.74 Å². The molecule has 0 saturated carbocycles. The highest BCUT2D eigenvalue weighted by molar-refractivity contribution is 6.36. The van der Waals surface area contributed by atoms with Gasteiger partial charge in [0.2, 0.25) is 5.90 Å². The average Bonchev–Trinajstić information content (AvgIpc) is 2.90. The second kappa shape index (κ2) is 6.85. The van der Waals surface area contributed by atoms with Gasteiger partial charge in [0.1, 0.15) is 5.75 Å². The molecule has 1 aliphatic rings. The van der Waals surface area contributed by atoms with Crippen molar-refractivity contribution in [1.82, 2.24) is 0 Å². The van der Waals surface area contributed by atoms with Gasteiger partial charge in [-0.05, 0) is 42.0 Å². The maximum atomic E-state index is 12.0. The maximum absolute atomic E-state index is 12.0. The minimum absolute atomic E-state index is 0.126. The fourth-order valence-electron chi connectivity index (χ4n) is 2.09. The third kappa shape index (κ3) is 3.41. The number of carbonyl (C=O) groups excluding carboxylic acids is 1. The molecule has 1 aliphatic heterocycles. The summed E-state index contributed by atoms with van der Waals surface area (Å²) in [5.74, 6) is 0.143. The molecule has 4 nitrogen and oxygen atoms in total. The first-order valence-corrected chi connectivity index (χ1v) is 7.93. The van der Waals surface area contributed by atoms with E-state index < -0.39 is 5.97 Å². The molecule has 0 saturated heterocycles. The van der Waals surface area contributed by atoms with E-state index in [1.807, 2.05) is 0 Å². The Labute approximate surface area is 153 Å². The Kier molecular flexibility index (Phi) is 4.81. The smallest absolute Gasteiger partial charge is 0.363 e. The summed E-state index contributed by atoms with van der Waals surface area (Å²) in [5, 5.41) is 1.28. The topological polar surface area (TPSA) is 47.9 Å². The SMILES string of the molecule is COc1ccc(C2=N/C(=C\c3ccc(Cl)cc3Cl)C(=O)O2)c(Cl)c1. The highest BCUT2D eigenvalue weighted by Gasteiger charge is 2.26. The number of aliphatic imine (C=N–C) groups is 1. The predicted octanol–water partition coefficient (Wildman–Crippen LogP) is 5.00. The lowest BCUT2D eigenvalue weighted by Crippen LogP contribution is -2.06. The zero-order valence-electron chi connectivity index (χ0n) is 12.3. The number of halogens is 3. The van der Waals surface area contributed by atoms with E-state index in [9.17, 15) is 4.79 Å². The average molecular weight is 383 g/mol. The van der Waals surface area contributed by atoms with E-state index in [0.717, 1.165) is 0 Å². The number of nitrogens with zero attached hydrogens (tertiary/aromatic N) is 1. The van der Waals surface area contributed by atoms with Crippen LogP contribution in [0.2, 0.25) is 15.1 Å². The van der Waals surface area contributed by atoms with Crippen LogP contribution in [-0.4, -0.2) is 19.0 Å². The summed E-state index contributed by atoms with van der Waals surface area (Å²) in [4.78, 5) is 16.2. The summed E-state index contributed by atoms with van der Waals surface area (Å²) in [6, 6.07) is 9.94. The van der Waals surface area contributed by atoms with Crippen molar-refractivity contribution in [2.75, 3.05) is 7.11 Å². The van der Waals surface area contributed by atoms with Crippen molar-refractivity contribution in [3.05, 3.63) is 68.3 Å². The number of hydrogen-bond donors (Lipinski definition) is 0. The molecule has 0 radical (unpaired) electrons. The quantitative estimate of drug-likeness (QED) is 0.554. The van der Waals surface area contributed by atoms with Crippen LogP contribution in [0.5, 0.6) is 5.75 Å². The maximum Gasteiger partial charge on any atom is 0.363 e. The molecule has 0 fully saturated rings. The van der Waals surface area contributed by atoms with E-state index in [1.165, 1.54) is 13.2 Å². The lowest BCUT2D eigenvalue weighted by molar-refractivity contribution is -0.129. The van der Waals surface area contributed by atoms with Crippen LogP contribution in [0.25, 0.3) is 6.08 Å². The monoisotopic (exact) mass is 381 g/mol. The molecule has 0 amide bonds. The summed E-state index contributed by atoms with van der Waals surface area (Å²) >= 11 is 18.1. The number of cyclic esters (lactones) is 1. The third-order valence-corrected chi connectivity index (χ3v) is 4.16. The molecule has 7 heteroatoms. The van der Waals surface area contributed by atoms with Gasteiger partial charge in [-0.25, -0.2) is 9.79 Å². The fourth-order valence-corrected chi connectivity index (χ4v) is 2.80. The van der Waals surface area contributed by atoms with Gasteiger partial charge >= 0.3 is 5.97 Å². The number of ether oxygens (including phenoxy) is 2. The van der Waals surface area contributed by atoms with Crippen LogP contribution in [-0.2, 0) is 9.53 Å². The summed E-state index contributed by atoms with van der Waals surface area (Å²) in [7, 11) is 1.54. The summed E-state index contributed by atoms with van der Waals surface area (Å²) in [6.07, 6.45) is 1.53. The Balaban J connectivity index is 1.97. The molecule has 0 spiro atoms. The van der Waals surface area contributed by atoms with Crippen LogP contribution in [0.1, 0.15) is 11.1 Å². The zero-order chi connectivity index (χ0) is 17.3. The zero-order valence-corrected chi connectivity index (χ0v) is 14.6. The number of rotatable bonds is 3. The highest BCUT2D eigenvalue weighted by Crippen LogP contribution is 2.28. The van der Waals surface area contributed by atoms with E-state index in [1.54, 1.807) is 36.4 Å². The molecule has 2 aromatic rings. The highest BCUT2D eigenvalue weighted by atomic mass is 35.5. The number of benzene rings is 2. The van der Waals surface area contributed by atoms with Gasteiger partial charge in [0, 0.05) is 10.0 Å². The normalized spacial score (nSPS) is 15.4. The van der Waals surface area contributed by atoms with Crippen molar-refractivity contribution in [2.24, 2.45) is 4.99 Å². The van der Waals surface area contributed by atoms with Crippen LogP contribution in [0, 0.1) is 0 Å². The van der Waals surface area contributed by atoms with Crippen LogP contribution >= 0.6 is 34.8 Å². The Bertz CT molecular complexity index is 891. The standard InChI is InChI=1S/C17H10Cl3NO3/c1-23-11-4-5-12(14(20)8-11)16-21-15(17(22)24-16)6-9-2-3-10(18)7-13(9)19/h2-8H,1H3/b15-6-. The fraction of sp³-hybridized carbons (Fsp3) is 0.0588. The third-order valence-electron chi connectivity index (χ3n) is 3.28. The van der Waals surface area contributed by atoms with Gasteiger partial charge in [-0.15, -0.1) is 0 Å². The van der Waals surface area contributed by atoms with E-state index >= 15 is 0 Å². The Hall–Kier alpha value is -2.01. The van der Waals surface area contributed by atoms with Crippen molar-refractivity contribution < 1.29 is 14.3 Å². The largest absolute Gasteiger partial charge is 0.497 e. The van der Waals surface area contributed by atoms with E-state index in [2.05, 4.69) is 4.99 Å². The lowest BCUT2D eigenvalue weighted by Gasteiger charge is -2.05. The van der Waals surface area contributed by atoms with Crippen molar-refractivity contribution in [2.45, 2.75) is 0 Å².